The highest BCUT2D eigenvalue weighted by molar-refractivity contribution is 5.80. The molecule has 144 valence electrons. The highest BCUT2D eigenvalue weighted by Crippen LogP contribution is 2.29. The maximum absolute atomic E-state index is 12.9. The average molecular weight is 371 g/mol. The summed E-state index contributed by atoms with van der Waals surface area (Å²) < 4.78 is 4.80. The van der Waals surface area contributed by atoms with Crippen LogP contribution in [0.1, 0.15) is 37.4 Å². The molecule has 2 saturated heterocycles. The molecule has 0 aliphatic carbocycles. The largest absolute Gasteiger partial charge is 0.453 e. The lowest BCUT2D eigenvalue weighted by Crippen LogP contribution is -2.48. The standard InChI is InChI=1S/C19H25N5O3/c1-27-19(26)24-9-3-4-14(12-24)18(25)23-10-6-13(7-11-23)16-21-15-5-2-8-20-17(15)22-16/h2,5,8,13-14H,3-4,6-7,9-12H2,1H3,(H,20,21,22). The van der Waals surface area contributed by atoms with Crippen molar-refractivity contribution < 1.29 is 14.3 Å². The van der Waals surface area contributed by atoms with E-state index in [1.54, 1.807) is 11.1 Å². The second kappa shape index (κ2) is 7.54. The number of likely N-dealkylation sites (tertiary alicyclic amines) is 2. The number of hydrogen-bond donors (Lipinski definition) is 1. The van der Waals surface area contributed by atoms with Crippen molar-refractivity contribution in [3.63, 3.8) is 0 Å². The Bertz CT molecular complexity index is 795. The fourth-order valence-corrected chi connectivity index (χ4v) is 4.16. The molecule has 0 bridgehead atoms. The molecular weight excluding hydrogens is 346 g/mol. The molecule has 2 aromatic rings. The molecule has 0 saturated carbocycles. The number of hydrogen-bond acceptors (Lipinski definition) is 5. The highest BCUT2D eigenvalue weighted by Gasteiger charge is 2.33. The van der Waals surface area contributed by atoms with Gasteiger partial charge in [-0.25, -0.2) is 14.8 Å². The van der Waals surface area contributed by atoms with Crippen molar-refractivity contribution in [3.8, 4) is 0 Å². The third-order valence-electron chi connectivity index (χ3n) is 5.67. The molecule has 0 radical (unpaired) electrons. The van der Waals surface area contributed by atoms with E-state index in [1.807, 2.05) is 17.0 Å². The molecule has 0 spiro atoms. The van der Waals surface area contributed by atoms with Crippen LogP contribution in [0.5, 0.6) is 0 Å². The summed E-state index contributed by atoms with van der Waals surface area (Å²) in [6, 6.07) is 3.88. The van der Waals surface area contributed by atoms with E-state index in [4.69, 9.17) is 4.74 Å². The summed E-state index contributed by atoms with van der Waals surface area (Å²) in [5.74, 6) is 1.32. The molecule has 2 aliphatic heterocycles. The van der Waals surface area contributed by atoms with Crippen LogP contribution in [0.4, 0.5) is 4.79 Å². The molecule has 1 unspecified atom stereocenters. The van der Waals surface area contributed by atoms with Gasteiger partial charge in [0.25, 0.3) is 0 Å². The van der Waals surface area contributed by atoms with E-state index in [-0.39, 0.29) is 17.9 Å². The van der Waals surface area contributed by atoms with Crippen LogP contribution < -0.4 is 0 Å². The molecular formula is C19H25N5O3. The zero-order valence-electron chi connectivity index (χ0n) is 15.6. The van der Waals surface area contributed by atoms with E-state index in [9.17, 15) is 9.59 Å². The zero-order valence-corrected chi connectivity index (χ0v) is 15.6. The van der Waals surface area contributed by atoms with E-state index >= 15 is 0 Å². The van der Waals surface area contributed by atoms with E-state index in [0.717, 1.165) is 55.8 Å². The lowest BCUT2D eigenvalue weighted by Gasteiger charge is -2.37. The van der Waals surface area contributed by atoms with Crippen LogP contribution in [0.3, 0.4) is 0 Å². The molecule has 1 atom stereocenters. The van der Waals surface area contributed by atoms with Crippen molar-refractivity contribution in [2.24, 2.45) is 5.92 Å². The smallest absolute Gasteiger partial charge is 0.409 e. The van der Waals surface area contributed by atoms with Crippen molar-refractivity contribution in [1.82, 2.24) is 24.8 Å². The predicted octanol–water partition coefficient (Wildman–Crippen LogP) is 2.14. The maximum atomic E-state index is 12.9. The number of H-pyrrole nitrogens is 1. The number of pyridine rings is 1. The third-order valence-corrected chi connectivity index (χ3v) is 5.67. The SMILES string of the molecule is COC(=O)N1CCCC(C(=O)N2CCC(c3nc4ncccc4[nH]3)CC2)C1. The van der Waals surface area contributed by atoms with E-state index in [0.29, 0.717) is 19.0 Å². The first kappa shape index (κ1) is 17.8. The van der Waals surface area contributed by atoms with Gasteiger partial charge in [0.05, 0.1) is 18.5 Å². The van der Waals surface area contributed by atoms with Gasteiger partial charge in [-0.05, 0) is 37.8 Å². The van der Waals surface area contributed by atoms with Gasteiger partial charge < -0.3 is 19.5 Å². The quantitative estimate of drug-likeness (QED) is 0.873. The summed E-state index contributed by atoms with van der Waals surface area (Å²) in [7, 11) is 1.38. The summed E-state index contributed by atoms with van der Waals surface area (Å²) in [6.07, 6.45) is 4.86. The Morgan fingerprint density at radius 1 is 1.19 bits per heavy atom. The molecule has 8 heteroatoms. The average Bonchev–Trinajstić information content (AvgIpc) is 3.17. The van der Waals surface area contributed by atoms with E-state index < -0.39 is 0 Å². The molecule has 0 aromatic carbocycles. The van der Waals surface area contributed by atoms with Crippen LogP contribution in [-0.4, -0.2) is 70.0 Å². The first-order valence-electron chi connectivity index (χ1n) is 9.58. The van der Waals surface area contributed by atoms with Crippen molar-refractivity contribution in [2.75, 3.05) is 33.3 Å². The van der Waals surface area contributed by atoms with Gasteiger partial charge in [-0.1, -0.05) is 0 Å². The van der Waals surface area contributed by atoms with Crippen molar-refractivity contribution in [1.29, 1.82) is 0 Å². The fourth-order valence-electron chi connectivity index (χ4n) is 4.16. The number of carbonyl (C=O) groups is 2. The summed E-state index contributed by atoms with van der Waals surface area (Å²) >= 11 is 0. The Labute approximate surface area is 157 Å². The number of piperidine rings is 2. The predicted molar refractivity (Wildman–Crippen MR) is 99.1 cm³/mol. The lowest BCUT2D eigenvalue weighted by molar-refractivity contribution is -0.138. The normalized spacial score (nSPS) is 21.4. The van der Waals surface area contributed by atoms with Crippen LogP contribution in [0.15, 0.2) is 18.3 Å². The van der Waals surface area contributed by atoms with Gasteiger partial charge in [0.15, 0.2) is 5.65 Å². The van der Waals surface area contributed by atoms with Crippen LogP contribution in [0.2, 0.25) is 0 Å². The highest BCUT2D eigenvalue weighted by atomic mass is 16.5. The van der Waals surface area contributed by atoms with Gasteiger partial charge in [-0.2, -0.15) is 0 Å². The summed E-state index contributed by atoms with van der Waals surface area (Å²) in [5, 5.41) is 0. The van der Waals surface area contributed by atoms with Crippen LogP contribution >= 0.6 is 0 Å². The number of imidazole rings is 1. The van der Waals surface area contributed by atoms with Gasteiger partial charge in [-0.3, -0.25) is 4.79 Å². The van der Waals surface area contributed by atoms with Crippen LogP contribution in [0.25, 0.3) is 11.2 Å². The van der Waals surface area contributed by atoms with Gasteiger partial charge in [0, 0.05) is 38.3 Å². The Kier molecular flexibility index (Phi) is 4.96. The Morgan fingerprint density at radius 3 is 2.74 bits per heavy atom. The number of methoxy groups -OCH3 is 1. The Hall–Kier alpha value is -2.64. The van der Waals surface area contributed by atoms with Crippen LogP contribution in [0, 0.1) is 5.92 Å². The number of fused-ring (bicyclic) bond motifs is 1. The number of nitrogens with zero attached hydrogens (tertiary/aromatic N) is 4. The van der Waals surface area contributed by atoms with Crippen molar-refractivity contribution in [2.45, 2.75) is 31.6 Å². The zero-order chi connectivity index (χ0) is 18.8. The lowest BCUT2D eigenvalue weighted by atomic mass is 9.92. The summed E-state index contributed by atoms with van der Waals surface area (Å²) in [5.41, 5.74) is 1.70. The summed E-state index contributed by atoms with van der Waals surface area (Å²) in [4.78, 5) is 40.5. The number of rotatable bonds is 2. The Morgan fingerprint density at radius 2 is 2.00 bits per heavy atom. The first-order chi connectivity index (χ1) is 13.2. The number of carbonyl (C=O) groups excluding carboxylic acids is 2. The first-order valence-corrected chi connectivity index (χ1v) is 9.58. The number of amides is 2. The van der Waals surface area contributed by atoms with Crippen molar-refractivity contribution in [3.05, 3.63) is 24.2 Å². The monoisotopic (exact) mass is 371 g/mol. The van der Waals surface area contributed by atoms with E-state index in [2.05, 4.69) is 15.0 Å². The van der Waals surface area contributed by atoms with E-state index in [1.165, 1.54) is 7.11 Å². The topological polar surface area (TPSA) is 91.4 Å². The molecule has 4 rings (SSSR count). The number of aromatic amines is 1. The van der Waals surface area contributed by atoms with Gasteiger partial charge in [0.1, 0.15) is 5.82 Å². The second-order valence-electron chi connectivity index (χ2n) is 7.35. The molecule has 2 aromatic heterocycles. The molecule has 2 aliphatic rings. The third kappa shape index (κ3) is 3.61. The Balaban J connectivity index is 1.35. The second-order valence-corrected chi connectivity index (χ2v) is 7.35. The summed E-state index contributed by atoms with van der Waals surface area (Å²) in [6.45, 7) is 2.57. The fraction of sp³-hybridized carbons (Fsp3) is 0.579. The van der Waals surface area contributed by atoms with Gasteiger partial charge in [-0.15, -0.1) is 0 Å². The number of aromatic nitrogens is 3. The molecule has 27 heavy (non-hydrogen) atoms. The molecule has 2 amide bonds. The molecule has 8 nitrogen and oxygen atoms in total. The minimum absolute atomic E-state index is 0.121. The number of nitrogens with one attached hydrogen (secondary N) is 1. The molecule has 4 heterocycles. The van der Waals surface area contributed by atoms with Gasteiger partial charge in [0.2, 0.25) is 5.91 Å². The minimum atomic E-state index is -0.343. The molecule has 1 N–H and O–H groups in total. The number of ether oxygens (including phenoxy) is 1. The minimum Gasteiger partial charge on any atom is -0.453 e. The van der Waals surface area contributed by atoms with Crippen LogP contribution in [-0.2, 0) is 9.53 Å². The maximum Gasteiger partial charge on any atom is 0.409 e. The van der Waals surface area contributed by atoms with Gasteiger partial charge >= 0.3 is 6.09 Å². The molecule has 2 fully saturated rings. The van der Waals surface area contributed by atoms with Crippen molar-refractivity contribution >= 4 is 23.2 Å².